The molecule has 1 aromatic heterocycles. The molecule has 0 unspecified atom stereocenters. The van der Waals surface area contributed by atoms with Crippen LogP contribution in [0, 0.1) is 16.0 Å². The molecular formula is C17H18N4O5S2. The fourth-order valence-electron chi connectivity index (χ4n) is 3.27. The van der Waals surface area contributed by atoms with Crippen LogP contribution in [0.4, 0.5) is 10.8 Å². The van der Waals surface area contributed by atoms with E-state index in [9.17, 15) is 23.3 Å². The summed E-state index contributed by atoms with van der Waals surface area (Å²) in [6, 6.07) is 5.34. The van der Waals surface area contributed by atoms with Gasteiger partial charge in [0.2, 0.25) is 15.9 Å². The number of hydrogen-bond acceptors (Lipinski definition) is 7. The van der Waals surface area contributed by atoms with Gasteiger partial charge in [-0.05, 0) is 18.9 Å². The molecule has 1 fully saturated rings. The molecular weight excluding hydrogens is 404 g/mol. The number of nitro groups is 1. The minimum Gasteiger partial charge on any atom is -0.302 e. The van der Waals surface area contributed by atoms with Gasteiger partial charge >= 0.3 is 0 Å². The van der Waals surface area contributed by atoms with Crippen molar-refractivity contribution in [3.8, 4) is 0 Å². The molecule has 11 heteroatoms. The van der Waals surface area contributed by atoms with E-state index in [1.807, 2.05) is 0 Å². The first kappa shape index (κ1) is 19.0. The molecule has 1 saturated carbocycles. The summed E-state index contributed by atoms with van der Waals surface area (Å²) in [7, 11) is -4.02. The average Bonchev–Trinajstić information content (AvgIpc) is 3.01. The summed E-state index contributed by atoms with van der Waals surface area (Å²) in [6.07, 6.45) is 3.23. The van der Waals surface area contributed by atoms with Crippen LogP contribution in [-0.4, -0.2) is 35.1 Å². The van der Waals surface area contributed by atoms with Gasteiger partial charge in [0, 0.05) is 29.8 Å². The Hall–Kier alpha value is -2.37. The predicted molar refractivity (Wildman–Crippen MR) is 102 cm³/mol. The molecule has 2 heterocycles. The van der Waals surface area contributed by atoms with E-state index in [0.717, 1.165) is 29.8 Å². The van der Waals surface area contributed by atoms with Gasteiger partial charge in [0.25, 0.3) is 5.69 Å². The van der Waals surface area contributed by atoms with E-state index in [-0.39, 0.29) is 29.8 Å². The largest absolute Gasteiger partial charge is 0.302 e. The molecule has 4 rings (SSSR count). The third-order valence-electron chi connectivity index (χ3n) is 5.08. The summed E-state index contributed by atoms with van der Waals surface area (Å²) >= 11 is 1.26. The highest BCUT2D eigenvalue weighted by molar-refractivity contribution is 7.89. The Morgan fingerprint density at radius 3 is 2.75 bits per heavy atom. The third-order valence-corrected chi connectivity index (χ3v) is 7.97. The van der Waals surface area contributed by atoms with Crippen molar-refractivity contribution in [3.05, 3.63) is 45.0 Å². The molecule has 1 aliphatic carbocycles. The van der Waals surface area contributed by atoms with Crippen molar-refractivity contribution in [3.63, 3.8) is 0 Å². The highest BCUT2D eigenvalue weighted by Gasteiger charge is 2.35. The van der Waals surface area contributed by atoms with E-state index in [1.54, 1.807) is 0 Å². The standard InChI is InChI=1S/C17H18N4O5S2/c22-16(11-4-3-5-11)19-17-18-12-8-9-20(10-14(12)27-17)28(25,26)15-7-2-1-6-13(15)21(23)24/h1-2,6-7,11H,3-5,8-10H2,(H,18,19,22). The molecule has 0 bridgehead atoms. The first-order valence-corrected chi connectivity index (χ1v) is 11.1. The minimum atomic E-state index is -4.02. The minimum absolute atomic E-state index is 0.0384. The molecule has 148 valence electrons. The van der Waals surface area contributed by atoms with Crippen molar-refractivity contribution in [2.45, 2.75) is 37.1 Å². The smallest absolute Gasteiger partial charge is 0.289 e. The van der Waals surface area contributed by atoms with Crippen molar-refractivity contribution in [1.29, 1.82) is 0 Å². The van der Waals surface area contributed by atoms with E-state index >= 15 is 0 Å². The van der Waals surface area contributed by atoms with Crippen LogP contribution < -0.4 is 5.32 Å². The Balaban J connectivity index is 1.55. The first-order chi connectivity index (χ1) is 13.4. The molecule has 0 saturated heterocycles. The van der Waals surface area contributed by atoms with Crippen LogP contribution in [0.1, 0.15) is 29.8 Å². The molecule has 0 atom stereocenters. The number of carbonyl (C=O) groups excluding carboxylic acids is 1. The van der Waals surface area contributed by atoms with Crippen LogP contribution in [0.25, 0.3) is 0 Å². The fourth-order valence-corrected chi connectivity index (χ4v) is 5.95. The van der Waals surface area contributed by atoms with Crippen molar-refractivity contribution >= 4 is 38.1 Å². The van der Waals surface area contributed by atoms with Crippen molar-refractivity contribution in [2.24, 2.45) is 5.92 Å². The van der Waals surface area contributed by atoms with Crippen LogP contribution in [0.3, 0.4) is 0 Å². The Labute approximate surface area is 165 Å². The van der Waals surface area contributed by atoms with Gasteiger partial charge in [-0.2, -0.15) is 4.31 Å². The zero-order valence-electron chi connectivity index (χ0n) is 14.8. The van der Waals surface area contributed by atoms with Crippen molar-refractivity contribution in [1.82, 2.24) is 9.29 Å². The van der Waals surface area contributed by atoms with E-state index in [0.29, 0.717) is 11.6 Å². The molecule has 28 heavy (non-hydrogen) atoms. The van der Waals surface area contributed by atoms with Crippen LogP contribution in [0.5, 0.6) is 0 Å². The van der Waals surface area contributed by atoms with Gasteiger partial charge in [-0.1, -0.05) is 18.6 Å². The molecule has 1 aliphatic heterocycles. The summed E-state index contributed by atoms with van der Waals surface area (Å²) in [4.78, 5) is 27.5. The number of nitro benzene ring substituents is 1. The summed E-state index contributed by atoms with van der Waals surface area (Å²) < 4.78 is 27.2. The van der Waals surface area contributed by atoms with Crippen LogP contribution in [0.15, 0.2) is 29.2 Å². The second-order valence-electron chi connectivity index (χ2n) is 6.82. The molecule has 0 spiro atoms. The monoisotopic (exact) mass is 422 g/mol. The molecule has 1 amide bonds. The highest BCUT2D eigenvalue weighted by atomic mass is 32.2. The van der Waals surface area contributed by atoms with E-state index in [2.05, 4.69) is 10.3 Å². The summed E-state index contributed by atoms with van der Waals surface area (Å²) in [5.41, 5.74) is 0.328. The molecule has 2 aliphatic rings. The number of fused-ring (bicyclic) bond motifs is 1. The molecule has 9 nitrogen and oxygen atoms in total. The maximum atomic E-state index is 13.0. The molecule has 2 aromatic rings. The van der Waals surface area contributed by atoms with Crippen LogP contribution >= 0.6 is 11.3 Å². The summed E-state index contributed by atoms with van der Waals surface area (Å²) in [5.74, 6) is -0.00170. The second kappa shape index (κ2) is 7.22. The summed E-state index contributed by atoms with van der Waals surface area (Å²) in [6.45, 7) is 0.266. The molecule has 1 aromatic carbocycles. The number of sulfonamides is 1. The maximum Gasteiger partial charge on any atom is 0.289 e. The Morgan fingerprint density at radius 1 is 1.32 bits per heavy atom. The number of amides is 1. The number of carbonyl (C=O) groups is 1. The number of para-hydroxylation sites is 1. The van der Waals surface area contributed by atoms with Gasteiger partial charge in [0.1, 0.15) is 0 Å². The lowest BCUT2D eigenvalue weighted by Crippen LogP contribution is -2.35. The first-order valence-electron chi connectivity index (χ1n) is 8.89. The lowest BCUT2D eigenvalue weighted by Gasteiger charge is -2.25. The van der Waals surface area contributed by atoms with Gasteiger partial charge in [-0.25, -0.2) is 13.4 Å². The fraction of sp³-hybridized carbons (Fsp3) is 0.412. The van der Waals surface area contributed by atoms with Crippen LogP contribution in [0.2, 0.25) is 0 Å². The predicted octanol–water partition coefficient (Wildman–Crippen LogP) is 2.54. The number of benzene rings is 1. The van der Waals surface area contributed by atoms with Gasteiger partial charge in [-0.15, -0.1) is 11.3 Å². The summed E-state index contributed by atoms with van der Waals surface area (Å²) in [5, 5.41) is 14.5. The number of thiazole rings is 1. The van der Waals surface area contributed by atoms with E-state index in [1.165, 1.54) is 39.9 Å². The zero-order valence-corrected chi connectivity index (χ0v) is 16.5. The van der Waals surface area contributed by atoms with Gasteiger partial charge < -0.3 is 5.32 Å². The molecule has 0 radical (unpaired) electrons. The molecule has 1 N–H and O–H groups in total. The lowest BCUT2D eigenvalue weighted by atomic mass is 9.85. The Kier molecular flexibility index (Phi) is 4.89. The van der Waals surface area contributed by atoms with Crippen molar-refractivity contribution in [2.75, 3.05) is 11.9 Å². The number of anilines is 1. The van der Waals surface area contributed by atoms with Crippen molar-refractivity contribution < 1.29 is 18.1 Å². The average molecular weight is 422 g/mol. The SMILES string of the molecule is O=C(Nc1nc2c(s1)CN(S(=O)(=O)c1ccccc1[N+](=O)[O-])CC2)C1CCC1. The van der Waals surface area contributed by atoms with Crippen LogP contribution in [-0.2, 0) is 27.8 Å². The van der Waals surface area contributed by atoms with E-state index in [4.69, 9.17) is 0 Å². The maximum absolute atomic E-state index is 13.0. The second-order valence-corrected chi connectivity index (χ2v) is 9.81. The third kappa shape index (κ3) is 3.40. The number of nitrogens with one attached hydrogen (secondary N) is 1. The number of hydrogen-bond donors (Lipinski definition) is 1. The van der Waals surface area contributed by atoms with Gasteiger partial charge in [0.05, 0.1) is 17.2 Å². The van der Waals surface area contributed by atoms with Gasteiger partial charge in [0.15, 0.2) is 10.0 Å². The normalized spacial score (nSPS) is 17.6. The lowest BCUT2D eigenvalue weighted by molar-refractivity contribution is -0.387. The van der Waals surface area contributed by atoms with Gasteiger partial charge in [-0.3, -0.25) is 14.9 Å². The quantitative estimate of drug-likeness (QED) is 0.583. The number of nitrogens with zero attached hydrogens (tertiary/aromatic N) is 3. The number of rotatable bonds is 5. The Morgan fingerprint density at radius 2 is 2.07 bits per heavy atom. The number of aromatic nitrogens is 1. The highest BCUT2D eigenvalue weighted by Crippen LogP contribution is 2.34. The zero-order chi connectivity index (χ0) is 19.9. The van der Waals surface area contributed by atoms with E-state index < -0.39 is 20.6 Å². The topological polar surface area (TPSA) is 123 Å². The Bertz CT molecular complexity index is 1050.